The molecule has 0 bridgehead atoms. The van der Waals surface area contributed by atoms with Gasteiger partial charge in [-0.3, -0.25) is 38.8 Å². The lowest BCUT2D eigenvalue weighted by Gasteiger charge is -2.45. The van der Waals surface area contributed by atoms with Gasteiger partial charge in [0.2, 0.25) is 41.7 Å². The number of carbonyl (C=O) groups excluding carboxylic acids is 6. The summed E-state index contributed by atoms with van der Waals surface area (Å²) in [4.78, 5) is 93.6. The summed E-state index contributed by atoms with van der Waals surface area (Å²) in [5, 5.41) is 127. The summed E-state index contributed by atoms with van der Waals surface area (Å²) in [5.41, 5.74) is 12.5. The van der Waals surface area contributed by atoms with Crippen LogP contribution in [0.1, 0.15) is 30.4 Å². The Kier molecular flexibility index (Phi) is 21.1. The van der Waals surface area contributed by atoms with E-state index >= 15 is 0 Å². The van der Waals surface area contributed by atoms with E-state index in [1.165, 1.54) is 24.3 Å². The first-order valence-corrected chi connectivity index (χ1v) is 25.9. The van der Waals surface area contributed by atoms with Crippen molar-refractivity contribution in [1.29, 1.82) is 0 Å². The van der Waals surface area contributed by atoms with Gasteiger partial charge >= 0.3 is 0 Å². The monoisotopic (exact) mass is 1150 g/mol. The maximum atomic E-state index is 14.9. The van der Waals surface area contributed by atoms with Gasteiger partial charge in [-0.1, -0.05) is 49.4 Å². The van der Waals surface area contributed by atoms with Gasteiger partial charge in [0, 0.05) is 12.3 Å². The summed E-state index contributed by atoms with van der Waals surface area (Å²) < 4.78 is 22.6. The molecule has 7 rings (SSSR count). The zero-order valence-corrected chi connectivity index (χ0v) is 43.5. The van der Waals surface area contributed by atoms with E-state index in [4.69, 9.17) is 30.4 Å². The lowest BCUT2D eigenvalue weighted by molar-refractivity contribution is -0.352. The third-order valence-electron chi connectivity index (χ3n) is 14.4. The van der Waals surface area contributed by atoms with Crippen molar-refractivity contribution in [1.82, 2.24) is 42.5 Å². The Balaban J connectivity index is 1.19. The van der Waals surface area contributed by atoms with Gasteiger partial charge in [-0.05, 0) is 29.7 Å². The van der Waals surface area contributed by atoms with E-state index < -0.39 is 190 Å². The molecule has 2 aromatic carbocycles. The number of aliphatic hydroxyl groups is 10. The first-order valence-electron chi connectivity index (χ1n) is 25.9. The number of guanidine groups is 2. The maximum absolute atomic E-state index is 14.9. The lowest BCUT2D eigenvalue weighted by Crippen LogP contribution is -2.67. The number of nitrogens with one attached hydrogen (secondary N) is 8. The molecule has 20 atom stereocenters. The molecular formula is C49H70N12O20. The van der Waals surface area contributed by atoms with E-state index in [-0.39, 0.29) is 42.7 Å². The average Bonchev–Trinajstić information content (AvgIpc) is 4.19. The Morgan fingerprint density at radius 3 is 1.69 bits per heavy atom. The average molecular weight is 1150 g/mol. The Bertz CT molecular complexity index is 2570. The predicted octanol–water partition coefficient (Wildman–Crippen LogP) is -10.7. The van der Waals surface area contributed by atoms with Crippen LogP contribution < -0.4 is 58.7 Å². The van der Waals surface area contributed by atoms with Crippen molar-refractivity contribution >= 4 is 47.4 Å². The molecule has 0 aromatic heterocycles. The third-order valence-corrected chi connectivity index (χ3v) is 14.4. The number of rotatable bonds is 16. The van der Waals surface area contributed by atoms with Crippen LogP contribution in [0.25, 0.3) is 0 Å². The van der Waals surface area contributed by atoms with Crippen LogP contribution in [-0.2, 0) is 49.4 Å². The van der Waals surface area contributed by atoms with Crippen LogP contribution in [0.3, 0.4) is 0 Å². The Labute approximate surface area is 461 Å². The molecule has 5 aliphatic rings. The van der Waals surface area contributed by atoms with E-state index in [2.05, 4.69) is 52.5 Å². The summed E-state index contributed by atoms with van der Waals surface area (Å²) in [6, 6.07) is 2.73. The second kappa shape index (κ2) is 27.7. The molecule has 5 aliphatic heterocycles. The molecule has 81 heavy (non-hydrogen) atoms. The predicted molar refractivity (Wildman–Crippen MR) is 275 cm³/mol. The normalized spacial score (nSPS) is 34.8. The molecule has 5 heterocycles. The van der Waals surface area contributed by atoms with Crippen LogP contribution in [0.15, 0.2) is 64.6 Å². The highest BCUT2D eigenvalue weighted by atomic mass is 16.7. The Morgan fingerprint density at radius 1 is 0.593 bits per heavy atom. The van der Waals surface area contributed by atoms with Gasteiger partial charge in [0.25, 0.3) is 0 Å². The molecule has 446 valence electrons. The van der Waals surface area contributed by atoms with Gasteiger partial charge in [0.1, 0.15) is 97.0 Å². The van der Waals surface area contributed by atoms with Crippen LogP contribution in [0, 0.1) is 0 Å². The maximum Gasteiger partial charge on any atom is 0.246 e. The lowest BCUT2D eigenvalue weighted by atomic mass is 9.88. The Hall–Kier alpha value is -6.92. The van der Waals surface area contributed by atoms with Crippen molar-refractivity contribution in [2.45, 2.75) is 142 Å². The van der Waals surface area contributed by atoms with E-state index in [0.29, 0.717) is 5.56 Å². The highest BCUT2D eigenvalue weighted by Gasteiger charge is 2.51. The largest absolute Gasteiger partial charge is 0.462 e. The molecule has 20 unspecified atom stereocenters. The van der Waals surface area contributed by atoms with Crippen LogP contribution in [-0.4, -0.2) is 254 Å². The van der Waals surface area contributed by atoms with Crippen molar-refractivity contribution in [2.75, 3.05) is 39.5 Å². The highest BCUT2D eigenvalue weighted by molar-refractivity contribution is 5.98. The standard InChI is InChI=1S/C49H70N12O20/c1-2-22(20-6-4-3-5-7-20)30-43(75)55-23(12-19-8-10-21(11-9-19)78-46-39(72)37(70)40(28(18-64)80-46)81-47-38(71)36(69)35(68)27(17-63)79-47)42(74)60-32(34(67)25-14-54-49(51)58-25)45(77)61-31(33(66)24-13-53-48(50)57-24)44(76)56-26(16-62)41(73)52-15-29(65)59-30/h3-11,22-28,30-40,46-47,62-64,66-72H,2,12-18H2,1H3,(H,52,73)(H,55,75)(H,56,76)(H,59,65)(H,60,74)(H,61,77)(H3,50,53,57)(H3,51,54,58). The molecule has 0 aliphatic carbocycles. The minimum Gasteiger partial charge on any atom is -0.462 e. The molecule has 22 N–H and O–H groups in total. The van der Waals surface area contributed by atoms with Gasteiger partial charge in [0.05, 0.1) is 51.5 Å². The molecular weight excluding hydrogens is 1080 g/mol. The highest BCUT2D eigenvalue weighted by Crippen LogP contribution is 2.31. The van der Waals surface area contributed by atoms with Crippen LogP contribution >= 0.6 is 0 Å². The van der Waals surface area contributed by atoms with Gasteiger partial charge in [0.15, 0.2) is 18.2 Å². The minimum absolute atomic E-state index is 0.0275. The number of carbonyl (C=O) groups is 6. The smallest absolute Gasteiger partial charge is 0.246 e. The van der Waals surface area contributed by atoms with E-state index in [0.717, 1.165) is 0 Å². The number of amides is 6. The molecule has 0 saturated carbocycles. The number of benzene rings is 2. The number of ether oxygens (including phenoxy) is 4. The molecule has 2 aromatic rings. The number of hydrogen-bond donors (Lipinski definition) is 20. The first kappa shape index (κ1) is 61.7. The molecule has 6 amide bonds. The number of hydrogen-bond acceptors (Lipinski definition) is 26. The van der Waals surface area contributed by atoms with E-state index in [9.17, 15) is 79.8 Å². The fourth-order valence-corrected chi connectivity index (χ4v) is 9.80. The van der Waals surface area contributed by atoms with Crippen LogP contribution in [0.2, 0.25) is 0 Å². The first-order chi connectivity index (χ1) is 38.7. The molecule has 3 saturated heterocycles. The minimum atomic E-state index is -2.06. The van der Waals surface area contributed by atoms with Gasteiger partial charge in [-0.2, -0.15) is 0 Å². The topological polar surface area (TPSA) is 515 Å². The molecule has 0 spiro atoms. The van der Waals surface area contributed by atoms with Crippen LogP contribution in [0.5, 0.6) is 5.75 Å². The summed E-state index contributed by atoms with van der Waals surface area (Å²) in [6.07, 6.45) is -21.3. The Morgan fingerprint density at radius 2 is 1.14 bits per heavy atom. The van der Waals surface area contributed by atoms with Crippen molar-refractivity contribution in [3.8, 4) is 5.75 Å². The van der Waals surface area contributed by atoms with Gasteiger partial charge in [-0.15, -0.1) is 0 Å². The summed E-state index contributed by atoms with van der Waals surface area (Å²) in [5.74, 6) is -7.67. The zero-order chi connectivity index (χ0) is 58.8. The summed E-state index contributed by atoms with van der Waals surface area (Å²) in [7, 11) is 0. The number of aliphatic hydroxyl groups excluding tert-OH is 10. The SMILES string of the molecule is CCC(c1ccccc1)C1NC(=O)CNC(=O)C(CO)NC(=O)C(C(O)C2CN=C(N)N2)NC(=O)C(C(O)C2CN=C(N)N2)NC(=O)C(Cc2ccc(OC3OC(CO)C(OC4OC(CO)C(O)C(O)C4O)C(O)C3O)cc2)NC1=O. The third kappa shape index (κ3) is 14.8. The molecule has 32 heteroatoms. The molecule has 0 radical (unpaired) electrons. The second-order valence-electron chi connectivity index (χ2n) is 19.9. The fraction of sp³-hybridized carbons (Fsp3) is 0.592. The van der Waals surface area contributed by atoms with Crippen molar-refractivity contribution in [3.63, 3.8) is 0 Å². The second-order valence-corrected chi connectivity index (χ2v) is 19.9. The van der Waals surface area contributed by atoms with Gasteiger partial charge < -0.3 is 124 Å². The molecule has 32 nitrogen and oxygen atoms in total. The summed E-state index contributed by atoms with van der Waals surface area (Å²) in [6.45, 7) is -2.18. The number of nitrogens with two attached hydrogens (primary N) is 2. The number of nitrogens with zero attached hydrogens (tertiary/aromatic N) is 2. The van der Waals surface area contributed by atoms with E-state index in [1.54, 1.807) is 37.3 Å². The quantitative estimate of drug-likeness (QED) is 0.0742. The van der Waals surface area contributed by atoms with Crippen LogP contribution in [0.4, 0.5) is 0 Å². The fourth-order valence-electron chi connectivity index (χ4n) is 9.80. The zero-order valence-electron chi connectivity index (χ0n) is 43.5. The number of aliphatic imine (C=N–C) groups is 2. The summed E-state index contributed by atoms with van der Waals surface area (Å²) >= 11 is 0. The van der Waals surface area contributed by atoms with Crippen molar-refractivity contribution in [2.24, 2.45) is 21.5 Å². The van der Waals surface area contributed by atoms with Gasteiger partial charge in [-0.25, -0.2) is 0 Å². The molecule has 3 fully saturated rings. The van der Waals surface area contributed by atoms with Crippen molar-refractivity contribution < 1.29 is 98.8 Å². The van der Waals surface area contributed by atoms with E-state index in [1.807, 2.05) is 0 Å². The van der Waals surface area contributed by atoms with Crippen molar-refractivity contribution in [3.05, 3.63) is 65.7 Å².